The van der Waals surface area contributed by atoms with Crippen LogP contribution in [0.15, 0.2) is 29.3 Å². The van der Waals surface area contributed by atoms with Gasteiger partial charge in [-0.15, -0.1) is 0 Å². The van der Waals surface area contributed by atoms with Crippen molar-refractivity contribution < 1.29 is 4.79 Å². The first-order valence-corrected chi connectivity index (χ1v) is 8.90. The molecule has 1 aliphatic heterocycles. The first kappa shape index (κ1) is 17.8. The van der Waals surface area contributed by atoms with Gasteiger partial charge in [0.1, 0.15) is 11.6 Å². The number of carbonyl (C=O) groups is 1. The number of hydrogen-bond acceptors (Lipinski definition) is 7. The van der Waals surface area contributed by atoms with Crippen LogP contribution in [0.2, 0.25) is 0 Å². The molecule has 0 atom stereocenters. The zero-order valence-corrected chi connectivity index (χ0v) is 15.6. The molecule has 0 radical (unpaired) electrons. The number of amides is 1. The Hall–Kier alpha value is -3.56. The van der Waals surface area contributed by atoms with Gasteiger partial charge in [0.15, 0.2) is 5.82 Å². The summed E-state index contributed by atoms with van der Waals surface area (Å²) in [5.41, 5.74) is 2.34. The molecule has 0 saturated carbocycles. The minimum Gasteiger partial charge on any atom is -0.362 e. The molecule has 0 fully saturated rings. The van der Waals surface area contributed by atoms with Gasteiger partial charge < -0.3 is 9.80 Å². The average Bonchev–Trinajstić information content (AvgIpc) is 3.11. The molecule has 1 aliphatic rings. The number of fused-ring (bicyclic) bond motifs is 1. The van der Waals surface area contributed by atoms with Crippen molar-refractivity contribution in [1.29, 1.82) is 0 Å². The predicted molar refractivity (Wildman–Crippen MR) is 102 cm³/mol. The fourth-order valence-corrected chi connectivity index (χ4v) is 3.27. The van der Waals surface area contributed by atoms with E-state index in [9.17, 15) is 9.59 Å². The van der Waals surface area contributed by atoms with E-state index in [2.05, 4.69) is 20.2 Å². The fourth-order valence-electron chi connectivity index (χ4n) is 3.27. The molecule has 10 heteroatoms. The summed E-state index contributed by atoms with van der Waals surface area (Å²) in [7, 11) is 3.90. The summed E-state index contributed by atoms with van der Waals surface area (Å²) in [6.45, 7) is 0.962. The van der Waals surface area contributed by atoms with Crippen molar-refractivity contribution in [3.05, 3.63) is 52.1 Å². The lowest BCUT2D eigenvalue weighted by Gasteiger charge is -2.30. The van der Waals surface area contributed by atoms with E-state index in [1.54, 1.807) is 17.3 Å². The molecule has 0 saturated heterocycles. The topological polar surface area (TPSA) is 124 Å². The van der Waals surface area contributed by atoms with Crippen molar-refractivity contribution in [2.75, 3.05) is 25.5 Å². The van der Waals surface area contributed by atoms with Crippen LogP contribution in [0.3, 0.4) is 0 Å². The third-order valence-electron chi connectivity index (χ3n) is 4.63. The van der Waals surface area contributed by atoms with Gasteiger partial charge in [0.2, 0.25) is 5.91 Å². The molecule has 0 unspecified atom stereocenters. The molecular weight excluding hydrogens is 360 g/mol. The largest absolute Gasteiger partial charge is 0.362 e. The number of carbonyl (C=O) groups excluding carboxylic acids is 1. The molecule has 3 aromatic heterocycles. The first-order valence-electron chi connectivity index (χ1n) is 8.90. The van der Waals surface area contributed by atoms with E-state index in [1.165, 1.54) is 0 Å². The van der Waals surface area contributed by atoms with Gasteiger partial charge in [-0.2, -0.15) is 5.10 Å². The molecule has 144 valence electrons. The normalized spacial score (nSPS) is 13.3. The second-order valence-electron chi connectivity index (χ2n) is 6.79. The fraction of sp³-hybridized carbons (Fsp3) is 0.333. The Morgan fingerprint density at radius 1 is 1.25 bits per heavy atom. The monoisotopic (exact) mass is 380 g/mol. The van der Waals surface area contributed by atoms with E-state index >= 15 is 0 Å². The summed E-state index contributed by atoms with van der Waals surface area (Å²) in [6, 6.07) is 3.72. The molecule has 1 amide bonds. The number of H-pyrrole nitrogens is 2. The Labute approximate surface area is 160 Å². The molecular formula is C18H20N8O2. The minimum absolute atomic E-state index is 0.0386. The maximum absolute atomic E-state index is 12.6. The van der Waals surface area contributed by atoms with Crippen LogP contribution in [0.1, 0.15) is 17.1 Å². The van der Waals surface area contributed by atoms with Crippen molar-refractivity contribution >= 4 is 11.7 Å². The van der Waals surface area contributed by atoms with Crippen molar-refractivity contribution in [2.45, 2.75) is 19.4 Å². The number of anilines is 1. The molecule has 4 heterocycles. The van der Waals surface area contributed by atoms with Crippen LogP contribution in [0.5, 0.6) is 0 Å². The van der Waals surface area contributed by atoms with Crippen LogP contribution < -0.4 is 10.6 Å². The van der Waals surface area contributed by atoms with Crippen LogP contribution in [0.25, 0.3) is 11.4 Å². The Morgan fingerprint density at radius 2 is 2.04 bits per heavy atom. The van der Waals surface area contributed by atoms with Gasteiger partial charge in [0.05, 0.1) is 18.7 Å². The van der Waals surface area contributed by atoms with Gasteiger partial charge in [-0.25, -0.2) is 19.9 Å². The zero-order chi connectivity index (χ0) is 19.7. The van der Waals surface area contributed by atoms with Crippen LogP contribution in [-0.4, -0.2) is 61.6 Å². The number of hydrogen-bond donors (Lipinski definition) is 2. The molecule has 2 N–H and O–H groups in total. The van der Waals surface area contributed by atoms with E-state index < -0.39 is 5.69 Å². The van der Waals surface area contributed by atoms with E-state index in [1.807, 2.05) is 31.1 Å². The molecule has 4 rings (SSSR count). The Bertz CT molecular complexity index is 1060. The minimum atomic E-state index is -0.419. The highest BCUT2D eigenvalue weighted by Crippen LogP contribution is 2.28. The molecule has 3 aromatic rings. The van der Waals surface area contributed by atoms with E-state index in [0.717, 1.165) is 22.6 Å². The van der Waals surface area contributed by atoms with E-state index in [4.69, 9.17) is 9.97 Å². The second kappa shape index (κ2) is 7.22. The molecule has 28 heavy (non-hydrogen) atoms. The lowest BCUT2D eigenvalue weighted by atomic mass is 10.0. The Morgan fingerprint density at radius 3 is 2.71 bits per heavy atom. The molecule has 0 bridgehead atoms. The smallest absolute Gasteiger partial charge is 0.340 e. The van der Waals surface area contributed by atoms with E-state index in [-0.39, 0.29) is 12.3 Å². The number of rotatable bonds is 4. The van der Waals surface area contributed by atoms with Crippen LogP contribution in [0.4, 0.5) is 5.82 Å². The Kier molecular flexibility index (Phi) is 4.60. The van der Waals surface area contributed by atoms with Gasteiger partial charge in [0, 0.05) is 44.2 Å². The van der Waals surface area contributed by atoms with Gasteiger partial charge >= 0.3 is 5.69 Å². The summed E-state index contributed by atoms with van der Waals surface area (Å²) in [5.74, 6) is 1.69. The van der Waals surface area contributed by atoms with Crippen molar-refractivity contribution in [3.63, 3.8) is 0 Å². The number of pyridine rings is 1. The lowest BCUT2D eigenvalue weighted by Crippen LogP contribution is -2.38. The van der Waals surface area contributed by atoms with Gasteiger partial charge in [-0.1, -0.05) is 0 Å². The molecule has 0 spiro atoms. The van der Waals surface area contributed by atoms with Crippen LogP contribution in [-0.2, 0) is 24.2 Å². The number of nitrogens with one attached hydrogen (secondary N) is 2. The summed E-state index contributed by atoms with van der Waals surface area (Å²) >= 11 is 0. The summed E-state index contributed by atoms with van der Waals surface area (Å²) < 4.78 is 0. The van der Waals surface area contributed by atoms with Gasteiger partial charge in [-0.3, -0.25) is 14.8 Å². The highest BCUT2D eigenvalue weighted by atomic mass is 16.2. The number of aromatic nitrogens is 6. The standard InChI is InChI=1S/C18H20N8O2/c1-25(2)17-12-5-8-26(15(27)9-14-21-18(28)24-23-14)10-13(12)20-16(22-17)11-3-6-19-7-4-11/h3-4,6-7H,5,8-10H2,1-2H3,(H2,21,23,24,28). The lowest BCUT2D eigenvalue weighted by molar-refractivity contribution is -0.131. The van der Waals surface area contributed by atoms with E-state index in [0.29, 0.717) is 31.2 Å². The summed E-state index contributed by atoms with van der Waals surface area (Å²) in [5, 5.41) is 6.08. The summed E-state index contributed by atoms with van der Waals surface area (Å²) in [6.07, 6.45) is 4.11. The highest BCUT2D eigenvalue weighted by Gasteiger charge is 2.26. The van der Waals surface area contributed by atoms with Crippen molar-refractivity contribution in [3.8, 4) is 11.4 Å². The second-order valence-corrected chi connectivity index (χ2v) is 6.79. The Balaban J connectivity index is 1.64. The van der Waals surface area contributed by atoms with Gasteiger partial charge in [0.25, 0.3) is 0 Å². The number of nitrogens with zero attached hydrogens (tertiary/aromatic N) is 6. The van der Waals surface area contributed by atoms with Gasteiger partial charge in [-0.05, 0) is 18.6 Å². The molecule has 0 aromatic carbocycles. The van der Waals surface area contributed by atoms with Crippen LogP contribution >= 0.6 is 0 Å². The zero-order valence-electron chi connectivity index (χ0n) is 15.6. The molecule has 0 aliphatic carbocycles. The third-order valence-corrected chi connectivity index (χ3v) is 4.63. The molecule has 10 nitrogen and oxygen atoms in total. The predicted octanol–water partition coefficient (Wildman–Crippen LogP) is 0.143. The average molecular weight is 380 g/mol. The van der Waals surface area contributed by atoms with Crippen molar-refractivity contribution in [1.82, 2.24) is 35.0 Å². The quantitative estimate of drug-likeness (QED) is 0.660. The van der Waals surface area contributed by atoms with Crippen molar-refractivity contribution in [2.24, 2.45) is 0 Å². The van der Waals surface area contributed by atoms with Crippen LogP contribution in [0, 0.1) is 0 Å². The maximum Gasteiger partial charge on any atom is 0.340 e. The number of aromatic amines is 2. The SMILES string of the molecule is CN(C)c1nc(-c2ccncc2)nc2c1CCN(C(=O)Cc1n[nH]c(=O)[nH]1)C2. The first-order chi connectivity index (χ1) is 13.5. The summed E-state index contributed by atoms with van der Waals surface area (Å²) in [4.78, 5) is 43.5. The highest BCUT2D eigenvalue weighted by molar-refractivity contribution is 5.78. The third kappa shape index (κ3) is 3.48. The maximum atomic E-state index is 12.6.